The molecule has 0 spiro atoms. The summed E-state index contributed by atoms with van der Waals surface area (Å²) in [7, 11) is 0. The molecular weight excluding hydrogens is 258 g/mol. The van der Waals surface area contributed by atoms with Crippen LogP contribution in [0.5, 0.6) is 11.6 Å². The number of hydrogen-bond acceptors (Lipinski definition) is 5. The van der Waals surface area contributed by atoms with E-state index in [-0.39, 0.29) is 11.7 Å². The van der Waals surface area contributed by atoms with E-state index in [9.17, 15) is 10.1 Å². The van der Waals surface area contributed by atoms with Crippen LogP contribution in [0.1, 0.15) is 24.1 Å². The van der Waals surface area contributed by atoms with E-state index in [1.54, 1.807) is 31.3 Å². The maximum Gasteiger partial charge on any atom is 0.276 e. The van der Waals surface area contributed by atoms with E-state index >= 15 is 0 Å². The third-order valence-corrected chi connectivity index (χ3v) is 2.95. The number of aromatic nitrogens is 1. The van der Waals surface area contributed by atoms with Gasteiger partial charge in [0.15, 0.2) is 0 Å². The van der Waals surface area contributed by atoms with Crippen LogP contribution in [0.2, 0.25) is 0 Å². The Morgan fingerprint density at radius 1 is 1.35 bits per heavy atom. The van der Waals surface area contributed by atoms with Crippen molar-refractivity contribution in [2.45, 2.75) is 19.9 Å². The minimum Gasteiger partial charge on any atom is -0.439 e. The van der Waals surface area contributed by atoms with Gasteiger partial charge in [0.2, 0.25) is 5.88 Å². The van der Waals surface area contributed by atoms with Gasteiger partial charge in [-0.1, -0.05) is 12.1 Å². The van der Waals surface area contributed by atoms with Gasteiger partial charge in [-0.05, 0) is 25.5 Å². The highest BCUT2D eigenvalue weighted by atomic mass is 16.6. The standard InChI is InChI=1S/C14H15N3O3/c1-9-12(17(18)19)4-3-5-13(9)20-14-7-6-11(8-16-14)10(2)15/h3-8,10H,15H2,1-2H3. The molecule has 20 heavy (non-hydrogen) atoms. The predicted octanol–water partition coefficient (Wildman–Crippen LogP) is 3.11. The second-order valence-corrected chi connectivity index (χ2v) is 4.48. The summed E-state index contributed by atoms with van der Waals surface area (Å²) in [4.78, 5) is 14.6. The molecule has 0 saturated carbocycles. The zero-order valence-corrected chi connectivity index (χ0v) is 11.2. The quantitative estimate of drug-likeness (QED) is 0.682. The maximum atomic E-state index is 10.9. The normalized spacial score (nSPS) is 11.9. The van der Waals surface area contributed by atoms with Crippen molar-refractivity contribution in [1.82, 2.24) is 4.98 Å². The molecule has 0 saturated heterocycles. The van der Waals surface area contributed by atoms with Crippen molar-refractivity contribution in [1.29, 1.82) is 0 Å². The van der Waals surface area contributed by atoms with Crippen molar-refractivity contribution in [2.24, 2.45) is 5.73 Å². The predicted molar refractivity (Wildman–Crippen MR) is 74.7 cm³/mol. The molecule has 1 atom stereocenters. The summed E-state index contributed by atoms with van der Waals surface area (Å²) < 4.78 is 5.58. The topological polar surface area (TPSA) is 91.3 Å². The Bertz CT molecular complexity index is 624. The first kappa shape index (κ1) is 14.0. The minimum absolute atomic E-state index is 0.0229. The van der Waals surface area contributed by atoms with Crippen LogP contribution in [0.25, 0.3) is 0 Å². The molecule has 0 aliphatic rings. The van der Waals surface area contributed by atoms with Crippen LogP contribution in [-0.2, 0) is 0 Å². The summed E-state index contributed by atoms with van der Waals surface area (Å²) in [6.45, 7) is 3.51. The van der Waals surface area contributed by atoms with Gasteiger partial charge in [-0.15, -0.1) is 0 Å². The van der Waals surface area contributed by atoms with Crippen LogP contribution in [0.4, 0.5) is 5.69 Å². The van der Waals surface area contributed by atoms with E-state index in [0.29, 0.717) is 17.2 Å². The number of pyridine rings is 1. The molecule has 1 unspecified atom stereocenters. The van der Waals surface area contributed by atoms with Gasteiger partial charge in [-0.2, -0.15) is 0 Å². The molecule has 0 bridgehead atoms. The number of rotatable bonds is 4. The highest BCUT2D eigenvalue weighted by Crippen LogP contribution is 2.30. The first-order valence-corrected chi connectivity index (χ1v) is 6.12. The average molecular weight is 273 g/mol. The van der Waals surface area contributed by atoms with Crippen LogP contribution < -0.4 is 10.5 Å². The second-order valence-electron chi connectivity index (χ2n) is 4.48. The van der Waals surface area contributed by atoms with Gasteiger partial charge in [0.25, 0.3) is 5.69 Å². The average Bonchev–Trinajstić information content (AvgIpc) is 2.41. The lowest BCUT2D eigenvalue weighted by molar-refractivity contribution is -0.385. The molecule has 6 heteroatoms. The fourth-order valence-corrected chi connectivity index (χ4v) is 1.75. The summed E-state index contributed by atoms with van der Waals surface area (Å²) in [6, 6.07) is 8.10. The SMILES string of the molecule is Cc1c(Oc2ccc(C(C)N)cn2)cccc1[N+](=O)[O-]. The fourth-order valence-electron chi connectivity index (χ4n) is 1.75. The van der Waals surface area contributed by atoms with Gasteiger partial charge in [-0.25, -0.2) is 4.98 Å². The first-order chi connectivity index (χ1) is 9.49. The van der Waals surface area contributed by atoms with Crippen molar-refractivity contribution in [3.63, 3.8) is 0 Å². The Kier molecular flexibility index (Phi) is 3.95. The van der Waals surface area contributed by atoms with Gasteiger partial charge in [0.05, 0.1) is 10.5 Å². The van der Waals surface area contributed by atoms with Crippen LogP contribution >= 0.6 is 0 Å². The van der Waals surface area contributed by atoms with E-state index in [2.05, 4.69) is 4.98 Å². The van der Waals surface area contributed by atoms with Gasteiger partial charge >= 0.3 is 0 Å². The highest BCUT2D eigenvalue weighted by Gasteiger charge is 2.15. The van der Waals surface area contributed by atoms with Crippen LogP contribution in [-0.4, -0.2) is 9.91 Å². The van der Waals surface area contributed by atoms with Crippen molar-refractivity contribution in [2.75, 3.05) is 0 Å². The number of ether oxygens (including phenoxy) is 1. The van der Waals surface area contributed by atoms with E-state index < -0.39 is 4.92 Å². The van der Waals surface area contributed by atoms with Gasteiger partial charge < -0.3 is 10.5 Å². The number of nitro groups is 1. The monoisotopic (exact) mass is 273 g/mol. The molecule has 104 valence electrons. The fraction of sp³-hybridized carbons (Fsp3) is 0.214. The number of nitrogens with two attached hydrogens (primary N) is 1. The van der Waals surface area contributed by atoms with Gasteiger partial charge in [0, 0.05) is 24.4 Å². The molecular formula is C14H15N3O3. The van der Waals surface area contributed by atoms with Gasteiger partial charge in [0.1, 0.15) is 5.75 Å². The largest absolute Gasteiger partial charge is 0.439 e. The molecule has 6 nitrogen and oxygen atoms in total. The van der Waals surface area contributed by atoms with Crippen LogP contribution in [0.3, 0.4) is 0 Å². The minimum atomic E-state index is -0.436. The summed E-state index contributed by atoms with van der Waals surface area (Å²) in [6.07, 6.45) is 1.63. The lowest BCUT2D eigenvalue weighted by atomic mass is 10.1. The van der Waals surface area contributed by atoms with Crippen molar-refractivity contribution in [3.05, 3.63) is 57.8 Å². The summed E-state index contributed by atoms with van der Waals surface area (Å²) in [5.41, 5.74) is 7.13. The molecule has 0 fully saturated rings. The number of nitro benzene ring substituents is 1. The second kappa shape index (κ2) is 5.66. The molecule has 1 heterocycles. The lowest BCUT2D eigenvalue weighted by Crippen LogP contribution is -2.05. The third-order valence-electron chi connectivity index (χ3n) is 2.95. The maximum absolute atomic E-state index is 10.9. The smallest absolute Gasteiger partial charge is 0.276 e. The first-order valence-electron chi connectivity index (χ1n) is 6.12. The molecule has 2 aromatic rings. The van der Waals surface area contributed by atoms with Crippen molar-refractivity contribution >= 4 is 5.69 Å². The number of benzene rings is 1. The van der Waals surface area contributed by atoms with Crippen LogP contribution in [0.15, 0.2) is 36.5 Å². The zero-order chi connectivity index (χ0) is 14.7. The van der Waals surface area contributed by atoms with E-state index in [1.807, 2.05) is 13.0 Å². The van der Waals surface area contributed by atoms with E-state index in [4.69, 9.17) is 10.5 Å². The molecule has 2 rings (SSSR count). The van der Waals surface area contributed by atoms with Gasteiger partial charge in [-0.3, -0.25) is 10.1 Å². The van der Waals surface area contributed by atoms with E-state index in [1.165, 1.54) is 6.07 Å². The molecule has 1 aromatic heterocycles. The molecule has 2 N–H and O–H groups in total. The lowest BCUT2D eigenvalue weighted by Gasteiger charge is -2.09. The Labute approximate surface area is 116 Å². The molecule has 0 amide bonds. The summed E-state index contributed by atoms with van der Waals surface area (Å²) in [5, 5.41) is 10.9. The zero-order valence-electron chi connectivity index (χ0n) is 11.2. The van der Waals surface area contributed by atoms with Crippen LogP contribution in [0, 0.1) is 17.0 Å². The Morgan fingerprint density at radius 2 is 2.10 bits per heavy atom. The van der Waals surface area contributed by atoms with Crippen molar-refractivity contribution < 1.29 is 9.66 Å². The van der Waals surface area contributed by atoms with E-state index in [0.717, 1.165) is 5.56 Å². The molecule has 0 radical (unpaired) electrons. The highest BCUT2D eigenvalue weighted by molar-refractivity contribution is 5.49. The third kappa shape index (κ3) is 2.92. The molecule has 0 aliphatic heterocycles. The summed E-state index contributed by atoms with van der Waals surface area (Å²) >= 11 is 0. The number of nitrogens with zero attached hydrogens (tertiary/aromatic N) is 2. The summed E-state index contributed by atoms with van der Waals surface area (Å²) in [5.74, 6) is 0.790. The molecule has 0 aliphatic carbocycles. The van der Waals surface area contributed by atoms with Crippen molar-refractivity contribution in [3.8, 4) is 11.6 Å². The Morgan fingerprint density at radius 3 is 2.65 bits per heavy atom. The Hall–Kier alpha value is -2.47. The Balaban J connectivity index is 2.26. The molecule has 1 aromatic carbocycles. The number of hydrogen-bond donors (Lipinski definition) is 1.